The van der Waals surface area contributed by atoms with Gasteiger partial charge >= 0.3 is 0 Å². The molecular weight excluding hydrogens is 426 g/mol. The Labute approximate surface area is 200 Å². The number of hydrogen-bond donors (Lipinski definition) is 1. The largest absolute Gasteiger partial charge is 0.352 e. The molecule has 5 nitrogen and oxygen atoms in total. The van der Waals surface area contributed by atoms with Crippen molar-refractivity contribution in [2.75, 3.05) is 0 Å². The van der Waals surface area contributed by atoms with Crippen molar-refractivity contribution in [3.8, 4) is 5.82 Å². The van der Waals surface area contributed by atoms with E-state index >= 15 is 0 Å². The van der Waals surface area contributed by atoms with Gasteiger partial charge in [0.2, 0.25) is 0 Å². The van der Waals surface area contributed by atoms with Crippen molar-refractivity contribution in [3.63, 3.8) is 0 Å². The Morgan fingerprint density at radius 2 is 1.67 bits per heavy atom. The van der Waals surface area contributed by atoms with E-state index in [9.17, 15) is 0 Å². The first-order valence-electron chi connectivity index (χ1n) is 11.2. The maximum absolute atomic E-state index is 5.86. The molecule has 3 aromatic heterocycles. The Balaban J connectivity index is 1.63. The quantitative estimate of drug-likeness (QED) is 0.412. The molecule has 166 valence electrons. The monoisotopic (exact) mass is 453 g/mol. The number of aromatic nitrogens is 3. The molecule has 0 saturated carbocycles. The molecule has 0 aliphatic carbocycles. The van der Waals surface area contributed by atoms with E-state index in [1.165, 1.54) is 16.8 Å². The lowest BCUT2D eigenvalue weighted by atomic mass is 9.96. The van der Waals surface area contributed by atoms with E-state index in [2.05, 4.69) is 88.0 Å². The minimum Gasteiger partial charge on any atom is -0.352 e. The summed E-state index contributed by atoms with van der Waals surface area (Å²) in [6.45, 7) is 7.15. The topological polar surface area (TPSA) is 46.0 Å². The average Bonchev–Trinajstić information content (AvgIpc) is 3.30. The van der Waals surface area contributed by atoms with Gasteiger partial charge in [0.05, 0.1) is 17.8 Å². The first-order valence-corrected chi connectivity index (χ1v) is 11.6. The van der Waals surface area contributed by atoms with Gasteiger partial charge in [0.1, 0.15) is 5.82 Å². The van der Waals surface area contributed by atoms with Crippen LogP contribution >= 0.6 is 12.2 Å². The summed E-state index contributed by atoms with van der Waals surface area (Å²) in [4.78, 5) is 11.7. The molecule has 0 radical (unpaired) electrons. The third-order valence-corrected chi connectivity index (χ3v) is 6.73. The lowest BCUT2D eigenvalue weighted by Gasteiger charge is -2.28. The van der Waals surface area contributed by atoms with Crippen LogP contribution in [-0.4, -0.2) is 24.5 Å². The van der Waals surface area contributed by atoms with Crippen molar-refractivity contribution in [3.05, 3.63) is 113 Å². The van der Waals surface area contributed by atoms with Gasteiger partial charge < -0.3 is 14.8 Å². The Kier molecular flexibility index (Phi) is 5.68. The molecule has 5 rings (SSSR count). The lowest BCUT2D eigenvalue weighted by molar-refractivity contribution is 0.310. The normalized spacial score (nSPS) is 17.9. The molecule has 1 fully saturated rings. The molecule has 1 saturated heterocycles. The summed E-state index contributed by atoms with van der Waals surface area (Å²) in [6, 6.07) is 22.9. The van der Waals surface area contributed by atoms with Crippen LogP contribution in [0.2, 0.25) is 0 Å². The second kappa shape index (κ2) is 8.79. The lowest BCUT2D eigenvalue weighted by Crippen LogP contribution is -2.29. The summed E-state index contributed by atoms with van der Waals surface area (Å²) in [6.07, 6.45) is 3.70. The van der Waals surface area contributed by atoms with Gasteiger partial charge in [0.25, 0.3) is 0 Å². The number of benzene rings is 1. The Morgan fingerprint density at radius 3 is 2.39 bits per heavy atom. The van der Waals surface area contributed by atoms with E-state index in [1.54, 1.807) is 0 Å². The van der Waals surface area contributed by atoms with Crippen molar-refractivity contribution in [1.82, 2.24) is 24.8 Å². The van der Waals surface area contributed by atoms with Gasteiger partial charge in [-0.25, -0.2) is 4.98 Å². The summed E-state index contributed by atoms with van der Waals surface area (Å²) in [5, 5.41) is 4.31. The van der Waals surface area contributed by atoms with E-state index in [4.69, 9.17) is 12.2 Å². The van der Waals surface area contributed by atoms with Gasteiger partial charge in [-0.2, -0.15) is 0 Å². The summed E-state index contributed by atoms with van der Waals surface area (Å²) in [7, 11) is 0. The predicted octanol–water partition coefficient (Wildman–Crippen LogP) is 5.37. The van der Waals surface area contributed by atoms with E-state index in [1.807, 2.05) is 36.7 Å². The fraction of sp³-hybridized carbons (Fsp3) is 0.222. The highest BCUT2D eigenvalue weighted by Gasteiger charge is 2.41. The van der Waals surface area contributed by atoms with Crippen LogP contribution in [0.3, 0.4) is 0 Å². The van der Waals surface area contributed by atoms with Crippen molar-refractivity contribution < 1.29 is 0 Å². The van der Waals surface area contributed by atoms with E-state index < -0.39 is 0 Å². The average molecular weight is 454 g/mol. The van der Waals surface area contributed by atoms with Crippen molar-refractivity contribution in [1.29, 1.82) is 0 Å². The molecule has 1 aliphatic heterocycles. The molecule has 0 bridgehead atoms. The molecule has 6 heteroatoms. The second-order valence-corrected chi connectivity index (χ2v) is 8.93. The van der Waals surface area contributed by atoms with E-state index in [-0.39, 0.29) is 12.1 Å². The second-order valence-electron chi connectivity index (χ2n) is 8.55. The van der Waals surface area contributed by atoms with Crippen LogP contribution in [0.4, 0.5) is 0 Å². The van der Waals surface area contributed by atoms with Crippen LogP contribution in [0.5, 0.6) is 0 Å². The first-order chi connectivity index (χ1) is 16.0. The zero-order chi connectivity index (χ0) is 22.9. The summed E-state index contributed by atoms with van der Waals surface area (Å²) in [5.41, 5.74) is 6.91. The highest BCUT2D eigenvalue weighted by Crippen LogP contribution is 2.42. The number of pyridine rings is 2. The minimum absolute atomic E-state index is 0.0107. The first kappa shape index (κ1) is 21.3. The van der Waals surface area contributed by atoms with Crippen molar-refractivity contribution in [2.24, 2.45) is 0 Å². The number of hydrogen-bond acceptors (Lipinski definition) is 3. The number of aryl methyl sites for hydroxylation is 2. The molecule has 1 aliphatic rings. The zero-order valence-electron chi connectivity index (χ0n) is 19.1. The van der Waals surface area contributed by atoms with Crippen molar-refractivity contribution in [2.45, 2.75) is 39.4 Å². The highest BCUT2D eigenvalue weighted by molar-refractivity contribution is 7.80. The highest BCUT2D eigenvalue weighted by atomic mass is 32.1. The molecule has 4 heterocycles. The third-order valence-electron chi connectivity index (χ3n) is 6.38. The molecule has 33 heavy (non-hydrogen) atoms. The summed E-state index contributed by atoms with van der Waals surface area (Å²) in [5.74, 6) is 0.969. The Bertz CT molecular complexity index is 1280. The Hall–Kier alpha value is -3.51. The number of nitrogens with one attached hydrogen (secondary N) is 1. The van der Waals surface area contributed by atoms with Gasteiger partial charge in [0, 0.05) is 30.3 Å². The minimum atomic E-state index is -0.0406. The van der Waals surface area contributed by atoms with E-state index in [0.29, 0.717) is 0 Å². The fourth-order valence-corrected chi connectivity index (χ4v) is 5.12. The molecule has 4 aromatic rings. The Morgan fingerprint density at radius 1 is 0.909 bits per heavy atom. The fourth-order valence-electron chi connectivity index (χ4n) is 4.82. The number of thiocarbonyl (C=S) groups is 1. The van der Waals surface area contributed by atoms with Crippen LogP contribution in [0.1, 0.15) is 45.9 Å². The van der Waals surface area contributed by atoms with E-state index in [0.717, 1.165) is 34.4 Å². The third kappa shape index (κ3) is 3.91. The standard InChI is InChI=1S/C27H27N5S/c1-18-10-9-15-29-26(18)32-19(2)16-22(20(32)3)25-24(23-13-7-8-14-28-23)30-27(33)31(25)17-21-11-5-4-6-12-21/h4-16,24-25H,17H2,1-3H3,(H,30,33)/t24-,25+/m1/s1. The van der Waals surface area contributed by atoms with Gasteiger partial charge in [-0.05, 0) is 73.9 Å². The van der Waals surface area contributed by atoms with Crippen LogP contribution in [0.25, 0.3) is 5.82 Å². The number of nitrogens with zero attached hydrogens (tertiary/aromatic N) is 4. The smallest absolute Gasteiger partial charge is 0.170 e. The molecule has 0 unspecified atom stereocenters. The molecular formula is C27H27N5S. The zero-order valence-corrected chi connectivity index (χ0v) is 19.9. The van der Waals surface area contributed by atoms with Crippen molar-refractivity contribution >= 4 is 17.3 Å². The van der Waals surface area contributed by atoms with Gasteiger partial charge in [-0.3, -0.25) is 4.98 Å². The van der Waals surface area contributed by atoms with Gasteiger partial charge in [0.15, 0.2) is 5.11 Å². The maximum atomic E-state index is 5.86. The SMILES string of the molecule is Cc1cccnc1-n1c(C)cc([C@H]2[C@@H](c3ccccn3)NC(=S)N2Cc2ccccc2)c1C. The van der Waals surface area contributed by atoms with Crippen LogP contribution in [0, 0.1) is 20.8 Å². The summed E-state index contributed by atoms with van der Waals surface area (Å²) >= 11 is 5.86. The van der Waals surface area contributed by atoms with Gasteiger partial charge in [-0.15, -0.1) is 0 Å². The van der Waals surface area contributed by atoms with Crippen LogP contribution < -0.4 is 5.32 Å². The molecule has 1 aromatic carbocycles. The number of rotatable bonds is 5. The molecule has 1 N–H and O–H groups in total. The maximum Gasteiger partial charge on any atom is 0.170 e. The predicted molar refractivity (Wildman–Crippen MR) is 135 cm³/mol. The molecule has 0 amide bonds. The summed E-state index contributed by atoms with van der Waals surface area (Å²) < 4.78 is 2.25. The van der Waals surface area contributed by atoms with Gasteiger partial charge in [-0.1, -0.05) is 42.5 Å². The van der Waals surface area contributed by atoms with Crippen LogP contribution in [-0.2, 0) is 6.54 Å². The molecule has 2 atom stereocenters. The molecule has 0 spiro atoms. The van der Waals surface area contributed by atoms with Crippen LogP contribution in [0.15, 0.2) is 79.1 Å².